The van der Waals surface area contributed by atoms with E-state index in [9.17, 15) is 4.79 Å². The Balaban J connectivity index is 1.66. The zero-order valence-corrected chi connectivity index (χ0v) is 15.3. The zero-order valence-electron chi connectivity index (χ0n) is 15.3. The number of carbonyl (C=O) groups is 1. The van der Waals surface area contributed by atoms with Gasteiger partial charge in [-0.1, -0.05) is 80.1 Å². The first kappa shape index (κ1) is 17.9. The van der Waals surface area contributed by atoms with E-state index in [0.29, 0.717) is 5.75 Å². The Morgan fingerprint density at radius 3 is 2.00 bits per heavy atom. The van der Waals surface area contributed by atoms with Crippen LogP contribution in [0.1, 0.15) is 37.3 Å². The van der Waals surface area contributed by atoms with Crippen LogP contribution in [0.15, 0.2) is 78.9 Å². The molecule has 0 aromatic heterocycles. The molecule has 0 amide bonds. The minimum atomic E-state index is -0.290. The monoisotopic (exact) mass is 344 g/mol. The third kappa shape index (κ3) is 4.40. The van der Waals surface area contributed by atoms with E-state index in [0.717, 1.165) is 24.0 Å². The Morgan fingerprint density at radius 2 is 1.42 bits per heavy atom. The number of rotatable bonds is 6. The standard InChI is InChI=1S/C24H24O2/c1-3-7-19-10-12-21(13-11-19)22-14-16-23(17-15-22)26-24(25)18(2)20-8-5-4-6-9-20/h4-6,8-18H,3,7H2,1-2H3/t18-/m0/s1. The molecule has 1 atom stereocenters. The van der Waals surface area contributed by atoms with Gasteiger partial charge in [0, 0.05) is 0 Å². The van der Waals surface area contributed by atoms with Gasteiger partial charge in [0.25, 0.3) is 0 Å². The quantitative estimate of drug-likeness (QED) is 0.404. The van der Waals surface area contributed by atoms with Gasteiger partial charge in [-0.2, -0.15) is 0 Å². The third-order valence-electron chi connectivity index (χ3n) is 4.55. The maximum absolute atomic E-state index is 12.3. The van der Waals surface area contributed by atoms with Gasteiger partial charge in [-0.15, -0.1) is 0 Å². The Morgan fingerprint density at radius 1 is 0.846 bits per heavy atom. The Labute approximate surface area is 155 Å². The molecule has 2 heteroatoms. The number of hydrogen-bond acceptors (Lipinski definition) is 2. The fourth-order valence-electron chi connectivity index (χ4n) is 2.95. The lowest BCUT2D eigenvalue weighted by Crippen LogP contribution is -2.16. The molecule has 0 aliphatic heterocycles. The molecule has 0 fully saturated rings. The zero-order chi connectivity index (χ0) is 18.4. The van der Waals surface area contributed by atoms with E-state index in [1.165, 1.54) is 11.1 Å². The van der Waals surface area contributed by atoms with Crippen LogP contribution in [0.2, 0.25) is 0 Å². The van der Waals surface area contributed by atoms with Crippen molar-refractivity contribution in [2.75, 3.05) is 0 Å². The van der Waals surface area contributed by atoms with Crippen molar-refractivity contribution < 1.29 is 9.53 Å². The van der Waals surface area contributed by atoms with Gasteiger partial charge in [0.15, 0.2) is 0 Å². The lowest BCUT2D eigenvalue weighted by molar-refractivity contribution is -0.135. The molecule has 3 rings (SSSR count). The number of benzene rings is 3. The predicted molar refractivity (Wildman–Crippen MR) is 106 cm³/mol. The van der Waals surface area contributed by atoms with Crippen molar-refractivity contribution in [2.45, 2.75) is 32.6 Å². The number of ether oxygens (including phenoxy) is 1. The van der Waals surface area contributed by atoms with Crippen LogP contribution < -0.4 is 4.74 Å². The molecule has 0 spiro atoms. The molecule has 0 saturated heterocycles. The van der Waals surface area contributed by atoms with Gasteiger partial charge in [-0.05, 0) is 47.7 Å². The summed E-state index contributed by atoms with van der Waals surface area (Å²) in [7, 11) is 0. The molecule has 0 heterocycles. The minimum Gasteiger partial charge on any atom is -0.426 e. The molecule has 0 bridgehead atoms. The van der Waals surface area contributed by atoms with Gasteiger partial charge in [0.1, 0.15) is 5.75 Å². The first-order chi connectivity index (χ1) is 12.7. The summed E-state index contributed by atoms with van der Waals surface area (Å²) < 4.78 is 5.53. The second kappa shape index (κ2) is 8.48. The number of esters is 1. The number of aryl methyl sites for hydroxylation is 1. The topological polar surface area (TPSA) is 26.3 Å². The molecule has 0 radical (unpaired) electrons. The fraction of sp³-hybridized carbons (Fsp3) is 0.208. The SMILES string of the molecule is CCCc1ccc(-c2ccc(OC(=O)[C@@H](C)c3ccccc3)cc2)cc1. The van der Waals surface area contributed by atoms with E-state index in [2.05, 4.69) is 31.2 Å². The molecule has 0 N–H and O–H groups in total. The molecule has 3 aromatic rings. The smallest absolute Gasteiger partial charge is 0.318 e. The lowest BCUT2D eigenvalue weighted by atomic mass is 10.0. The fourth-order valence-corrected chi connectivity index (χ4v) is 2.95. The summed E-state index contributed by atoms with van der Waals surface area (Å²) >= 11 is 0. The Kier molecular flexibility index (Phi) is 5.85. The van der Waals surface area contributed by atoms with Crippen molar-refractivity contribution in [3.8, 4) is 16.9 Å². The molecule has 2 nitrogen and oxygen atoms in total. The average molecular weight is 344 g/mol. The minimum absolute atomic E-state index is 0.243. The summed E-state index contributed by atoms with van der Waals surface area (Å²) in [5.41, 5.74) is 4.60. The Hall–Kier alpha value is -2.87. The number of carbonyl (C=O) groups excluding carboxylic acids is 1. The van der Waals surface area contributed by atoms with Crippen LogP contribution in [0.25, 0.3) is 11.1 Å². The molecule has 0 aliphatic rings. The van der Waals surface area contributed by atoms with Crippen LogP contribution in [0.5, 0.6) is 5.75 Å². The van der Waals surface area contributed by atoms with Gasteiger partial charge in [0.2, 0.25) is 0 Å². The summed E-state index contributed by atoms with van der Waals surface area (Å²) in [6.07, 6.45) is 2.26. The van der Waals surface area contributed by atoms with Crippen molar-refractivity contribution in [3.63, 3.8) is 0 Å². The van der Waals surface area contributed by atoms with Crippen LogP contribution in [0.3, 0.4) is 0 Å². The molecule has 0 aliphatic carbocycles. The molecule has 132 valence electrons. The van der Waals surface area contributed by atoms with Crippen molar-refractivity contribution in [2.24, 2.45) is 0 Å². The van der Waals surface area contributed by atoms with Gasteiger partial charge >= 0.3 is 5.97 Å². The molecular weight excluding hydrogens is 320 g/mol. The first-order valence-electron chi connectivity index (χ1n) is 9.13. The molecule has 0 unspecified atom stereocenters. The second-order valence-corrected chi connectivity index (χ2v) is 6.52. The lowest BCUT2D eigenvalue weighted by Gasteiger charge is -2.12. The second-order valence-electron chi connectivity index (χ2n) is 6.52. The van der Waals surface area contributed by atoms with E-state index in [1.54, 1.807) is 0 Å². The molecular formula is C24H24O2. The summed E-state index contributed by atoms with van der Waals surface area (Å²) in [6, 6.07) is 26.0. The molecule has 0 saturated carbocycles. The van der Waals surface area contributed by atoms with Crippen LogP contribution in [-0.2, 0) is 11.2 Å². The third-order valence-corrected chi connectivity index (χ3v) is 4.55. The highest BCUT2D eigenvalue weighted by Gasteiger charge is 2.17. The summed E-state index contributed by atoms with van der Waals surface area (Å²) in [5.74, 6) is 0.0407. The summed E-state index contributed by atoms with van der Waals surface area (Å²) in [6.45, 7) is 4.05. The first-order valence-corrected chi connectivity index (χ1v) is 9.13. The van der Waals surface area contributed by atoms with Gasteiger partial charge in [0.05, 0.1) is 5.92 Å². The summed E-state index contributed by atoms with van der Waals surface area (Å²) in [4.78, 5) is 12.3. The van der Waals surface area contributed by atoms with E-state index in [1.807, 2.05) is 61.5 Å². The predicted octanol–water partition coefficient (Wildman–Crippen LogP) is 6.02. The van der Waals surface area contributed by atoms with E-state index in [-0.39, 0.29) is 11.9 Å². The largest absolute Gasteiger partial charge is 0.426 e. The molecule has 3 aromatic carbocycles. The van der Waals surface area contributed by atoms with E-state index >= 15 is 0 Å². The van der Waals surface area contributed by atoms with Crippen LogP contribution in [0, 0.1) is 0 Å². The average Bonchev–Trinajstić information content (AvgIpc) is 2.69. The van der Waals surface area contributed by atoms with Gasteiger partial charge in [-0.3, -0.25) is 4.79 Å². The van der Waals surface area contributed by atoms with Crippen LogP contribution in [0.4, 0.5) is 0 Å². The highest BCUT2D eigenvalue weighted by molar-refractivity contribution is 5.80. The maximum Gasteiger partial charge on any atom is 0.318 e. The maximum atomic E-state index is 12.3. The van der Waals surface area contributed by atoms with Crippen molar-refractivity contribution in [1.82, 2.24) is 0 Å². The van der Waals surface area contributed by atoms with Crippen LogP contribution in [-0.4, -0.2) is 5.97 Å². The summed E-state index contributed by atoms with van der Waals surface area (Å²) in [5, 5.41) is 0. The highest BCUT2D eigenvalue weighted by Crippen LogP contribution is 2.24. The molecule has 26 heavy (non-hydrogen) atoms. The van der Waals surface area contributed by atoms with Crippen molar-refractivity contribution in [1.29, 1.82) is 0 Å². The van der Waals surface area contributed by atoms with Crippen molar-refractivity contribution in [3.05, 3.63) is 90.0 Å². The number of hydrogen-bond donors (Lipinski definition) is 0. The highest BCUT2D eigenvalue weighted by atomic mass is 16.5. The van der Waals surface area contributed by atoms with E-state index < -0.39 is 0 Å². The normalized spacial score (nSPS) is 11.8. The Bertz CT molecular complexity index is 834. The van der Waals surface area contributed by atoms with Gasteiger partial charge < -0.3 is 4.74 Å². The van der Waals surface area contributed by atoms with Crippen molar-refractivity contribution >= 4 is 5.97 Å². The van der Waals surface area contributed by atoms with Crippen LogP contribution >= 0.6 is 0 Å². The van der Waals surface area contributed by atoms with Gasteiger partial charge in [-0.25, -0.2) is 0 Å². The van der Waals surface area contributed by atoms with E-state index in [4.69, 9.17) is 4.74 Å².